The molecule has 2 rings (SSSR count). The van der Waals surface area contributed by atoms with Gasteiger partial charge in [0.1, 0.15) is 0 Å². The first-order valence-electron chi connectivity index (χ1n) is 7.64. The number of rotatable bonds is 5. The van der Waals surface area contributed by atoms with Gasteiger partial charge in [0.15, 0.2) is 0 Å². The van der Waals surface area contributed by atoms with Crippen molar-refractivity contribution in [2.24, 2.45) is 5.41 Å². The molecule has 1 aliphatic carbocycles. The second-order valence-corrected chi connectivity index (χ2v) is 6.59. The average molecular weight is 255 g/mol. The van der Waals surface area contributed by atoms with E-state index in [4.69, 9.17) is 0 Å². The van der Waals surface area contributed by atoms with E-state index in [9.17, 15) is 0 Å². The summed E-state index contributed by atoms with van der Waals surface area (Å²) in [6, 6.07) is 0.881. The highest BCUT2D eigenvalue weighted by molar-refractivity contribution is 7.80. The maximum atomic E-state index is 4.66. The van der Waals surface area contributed by atoms with Crippen LogP contribution in [0, 0.1) is 5.41 Å². The van der Waals surface area contributed by atoms with Gasteiger partial charge in [0.2, 0.25) is 0 Å². The number of hydrogen-bond donors (Lipinski definition) is 1. The van der Waals surface area contributed by atoms with Crippen molar-refractivity contribution in [3.8, 4) is 0 Å². The number of piperidine rings is 1. The summed E-state index contributed by atoms with van der Waals surface area (Å²) in [4.78, 5) is 2.81. The van der Waals surface area contributed by atoms with Crippen molar-refractivity contribution in [1.29, 1.82) is 0 Å². The second kappa shape index (κ2) is 6.47. The molecule has 1 aliphatic heterocycles. The zero-order valence-corrected chi connectivity index (χ0v) is 12.4. The normalized spacial score (nSPS) is 29.6. The minimum atomic E-state index is 0.562. The number of hydrogen-bond acceptors (Lipinski definition) is 2. The molecule has 2 aliphatic rings. The van der Waals surface area contributed by atoms with E-state index in [2.05, 4.69) is 24.5 Å². The fourth-order valence-corrected chi connectivity index (χ4v) is 4.27. The first-order chi connectivity index (χ1) is 8.29. The molecule has 2 fully saturated rings. The lowest BCUT2D eigenvalue weighted by Gasteiger charge is -2.41. The Bertz CT molecular complexity index is 221. The first kappa shape index (κ1) is 13.7. The Morgan fingerprint density at radius 1 is 1.18 bits per heavy atom. The third-order valence-electron chi connectivity index (χ3n) is 4.91. The molecule has 1 saturated heterocycles. The fraction of sp³-hybridized carbons (Fsp3) is 1.00. The molecule has 1 atom stereocenters. The molecule has 2 heteroatoms. The minimum Gasteiger partial charge on any atom is -0.300 e. The Labute approximate surface area is 113 Å². The highest BCUT2D eigenvalue weighted by Gasteiger charge is 2.36. The Morgan fingerprint density at radius 2 is 1.94 bits per heavy atom. The maximum absolute atomic E-state index is 4.66. The third kappa shape index (κ3) is 3.41. The molecule has 1 nitrogen and oxygen atoms in total. The van der Waals surface area contributed by atoms with Gasteiger partial charge >= 0.3 is 0 Å². The Kier molecular flexibility index (Phi) is 5.23. The van der Waals surface area contributed by atoms with Gasteiger partial charge in [0, 0.05) is 12.6 Å². The number of nitrogens with zero attached hydrogens (tertiary/aromatic N) is 1. The minimum absolute atomic E-state index is 0.562. The Balaban J connectivity index is 1.94. The van der Waals surface area contributed by atoms with E-state index in [0.29, 0.717) is 5.41 Å². The molecule has 0 aromatic heterocycles. The predicted octanol–water partition coefficient (Wildman–Crippen LogP) is 4.13. The molecule has 17 heavy (non-hydrogen) atoms. The van der Waals surface area contributed by atoms with Crippen LogP contribution in [0.15, 0.2) is 0 Å². The van der Waals surface area contributed by atoms with Gasteiger partial charge < -0.3 is 0 Å². The molecule has 0 N–H and O–H groups in total. The Hall–Kier alpha value is 0.310. The lowest BCUT2D eigenvalue weighted by molar-refractivity contribution is 0.0873. The fourth-order valence-electron chi connectivity index (χ4n) is 3.85. The van der Waals surface area contributed by atoms with Crippen LogP contribution in [0.1, 0.15) is 64.7 Å². The van der Waals surface area contributed by atoms with Crippen LogP contribution >= 0.6 is 12.6 Å². The standard InChI is InChI=1S/C15H29NS/c1-2-7-14-8-3-6-11-16(14)12-15(13-17)9-4-5-10-15/h14,17H,2-13H2,1H3. The summed E-state index contributed by atoms with van der Waals surface area (Å²) >= 11 is 4.66. The number of likely N-dealkylation sites (tertiary alicyclic amines) is 1. The summed E-state index contributed by atoms with van der Waals surface area (Å²) in [7, 11) is 0. The van der Waals surface area contributed by atoms with E-state index in [1.54, 1.807) is 0 Å². The third-order valence-corrected chi connectivity index (χ3v) is 5.58. The van der Waals surface area contributed by atoms with Crippen molar-refractivity contribution in [3.05, 3.63) is 0 Å². The molecule has 1 heterocycles. The molecule has 100 valence electrons. The van der Waals surface area contributed by atoms with E-state index in [0.717, 1.165) is 11.8 Å². The van der Waals surface area contributed by atoms with E-state index in [1.807, 2.05) is 0 Å². The molecule has 0 spiro atoms. The van der Waals surface area contributed by atoms with Crippen LogP contribution in [0.3, 0.4) is 0 Å². The molecular formula is C15H29NS. The average Bonchev–Trinajstić information content (AvgIpc) is 2.81. The van der Waals surface area contributed by atoms with E-state index >= 15 is 0 Å². The molecule has 0 aromatic rings. The second-order valence-electron chi connectivity index (χ2n) is 6.27. The zero-order chi connectivity index (χ0) is 12.1. The van der Waals surface area contributed by atoms with Crippen molar-refractivity contribution in [3.63, 3.8) is 0 Å². The zero-order valence-electron chi connectivity index (χ0n) is 11.5. The summed E-state index contributed by atoms with van der Waals surface area (Å²) < 4.78 is 0. The van der Waals surface area contributed by atoms with Crippen LogP contribution in [0.25, 0.3) is 0 Å². The van der Waals surface area contributed by atoms with Crippen LogP contribution in [0.4, 0.5) is 0 Å². The monoisotopic (exact) mass is 255 g/mol. The van der Waals surface area contributed by atoms with Gasteiger partial charge in [-0.25, -0.2) is 0 Å². The summed E-state index contributed by atoms with van der Waals surface area (Å²) in [5, 5.41) is 0. The van der Waals surface area contributed by atoms with Crippen LogP contribution in [0.2, 0.25) is 0 Å². The SMILES string of the molecule is CCCC1CCCCN1CC1(CS)CCCC1. The highest BCUT2D eigenvalue weighted by Crippen LogP contribution is 2.41. The van der Waals surface area contributed by atoms with Gasteiger partial charge in [0.25, 0.3) is 0 Å². The summed E-state index contributed by atoms with van der Waals surface area (Å²) in [5.41, 5.74) is 0.562. The summed E-state index contributed by atoms with van der Waals surface area (Å²) in [6.07, 6.45) is 12.8. The van der Waals surface area contributed by atoms with Crippen molar-refractivity contribution in [2.75, 3.05) is 18.8 Å². The quantitative estimate of drug-likeness (QED) is 0.723. The lowest BCUT2D eigenvalue weighted by atomic mass is 9.85. The highest BCUT2D eigenvalue weighted by atomic mass is 32.1. The topological polar surface area (TPSA) is 3.24 Å². The summed E-state index contributed by atoms with van der Waals surface area (Å²) in [6.45, 7) is 5.01. The molecule has 0 bridgehead atoms. The smallest absolute Gasteiger partial charge is 0.00954 e. The van der Waals surface area contributed by atoms with E-state index in [1.165, 1.54) is 70.9 Å². The van der Waals surface area contributed by atoms with Gasteiger partial charge in [-0.3, -0.25) is 4.90 Å². The van der Waals surface area contributed by atoms with Crippen LogP contribution in [-0.2, 0) is 0 Å². The van der Waals surface area contributed by atoms with E-state index in [-0.39, 0.29) is 0 Å². The molecule has 0 amide bonds. The number of thiol groups is 1. The summed E-state index contributed by atoms with van der Waals surface area (Å²) in [5.74, 6) is 1.10. The molecule has 1 unspecified atom stereocenters. The predicted molar refractivity (Wildman–Crippen MR) is 78.9 cm³/mol. The molecule has 1 saturated carbocycles. The van der Waals surface area contributed by atoms with E-state index < -0.39 is 0 Å². The molecule has 0 radical (unpaired) electrons. The first-order valence-corrected chi connectivity index (χ1v) is 8.28. The van der Waals surface area contributed by atoms with Crippen molar-refractivity contribution in [2.45, 2.75) is 70.8 Å². The maximum Gasteiger partial charge on any atom is 0.00954 e. The van der Waals surface area contributed by atoms with Gasteiger partial charge in [-0.1, -0.05) is 32.6 Å². The van der Waals surface area contributed by atoms with Crippen molar-refractivity contribution >= 4 is 12.6 Å². The van der Waals surface area contributed by atoms with Gasteiger partial charge in [-0.15, -0.1) is 0 Å². The van der Waals surface area contributed by atoms with Gasteiger partial charge in [-0.2, -0.15) is 12.6 Å². The van der Waals surface area contributed by atoms with Crippen molar-refractivity contribution in [1.82, 2.24) is 4.90 Å². The van der Waals surface area contributed by atoms with Crippen LogP contribution in [-0.4, -0.2) is 29.8 Å². The molecular weight excluding hydrogens is 226 g/mol. The van der Waals surface area contributed by atoms with Crippen LogP contribution in [0.5, 0.6) is 0 Å². The Morgan fingerprint density at radius 3 is 2.59 bits per heavy atom. The van der Waals surface area contributed by atoms with Gasteiger partial charge in [-0.05, 0) is 49.8 Å². The van der Waals surface area contributed by atoms with Gasteiger partial charge in [0.05, 0.1) is 0 Å². The largest absolute Gasteiger partial charge is 0.300 e. The molecule has 0 aromatic carbocycles. The lowest BCUT2D eigenvalue weighted by Crippen LogP contribution is -2.46. The van der Waals surface area contributed by atoms with Crippen LogP contribution < -0.4 is 0 Å². The van der Waals surface area contributed by atoms with Crippen molar-refractivity contribution < 1.29 is 0 Å².